The predicted octanol–water partition coefficient (Wildman–Crippen LogP) is 2.54. The van der Waals surface area contributed by atoms with Crippen LogP contribution in [-0.4, -0.2) is 64.7 Å². The largest absolute Gasteiger partial charge is 0.379 e. The molecule has 0 bridgehead atoms. The molecule has 11 heteroatoms. The van der Waals surface area contributed by atoms with Crippen LogP contribution in [-0.2, 0) is 26.1 Å². The number of ether oxygens (including phenoxy) is 1. The minimum atomic E-state index is -3.64. The lowest BCUT2D eigenvalue weighted by atomic mass is 9.89. The molecule has 1 saturated carbocycles. The van der Waals surface area contributed by atoms with Gasteiger partial charge in [0, 0.05) is 30.9 Å². The summed E-state index contributed by atoms with van der Waals surface area (Å²) in [4.78, 5) is 17.4. The standard InChI is InChI=1S/C22H28N6O4S/c1-2-28-18-9-8-16(33(30,31)27-10-12-32-13-11-27)14-17(18)19-20(28)23-22(26-25-19)24-21(29)15-6-4-3-5-7-15/h8-9,14-15H,2-7,10-13H2,1H3,(H,23,24,26,29). The number of rotatable bonds is 5. The molecule has 176 valence electrons. The van der Waals surface area contributed by atoms with Gasteiger partial charge in [-0.05, 0) is 38.0 Å². The Morgan fingerprint density at radius 1 is 1.15 bits per heavy atom. The van der Waals surface area contributed by atoms with Gasteiger partial charge in [0.15, 0.2) is 5.65 Å². The smallest absolute Gasteiger partial charge is 0.251 e. The Kier molecular flexibility index (Phi) is 6.02. The van der Waals surface area contributed by atoms with Crippen molar-refractivity contribution in [2.45, 2.75) is 50.5 Å². The molecule has 3 aromatic rings. The van der Waals surface area contributed by atoms with E-state index >= 15 is 0 Å². The molecule has 1 N–H and O–H groups in total. The summed E-state index contributed by atoms with van der Waals surface area (Å²) in [5.41, 5.74) is 1.91. The minimum absolute atomic E-state index is 0.0111. The highest BCUT2D eigenvalue weighted by Crippen LogP contribution is 2.30. The molecule has 0 spiro atoms. The topological polar surface area (TPSA) is 119 Å². The minimum Gasteiger partial charge on any atom is -0.379 e. The number of anilines is 1. The molecule has 0 radical (unpaired) electrons. The third kappa shape index (κ3) is 4.09. The lowest BCUT2D eigenvalue weighted by molar-refractivity contribution is -0.120. The van der Waals surface area contributed by atoms with E-state index in [9.17, 15) is 13.2 Å². The molecule has 5 rings (SSSR count). The van der Waals surface area contributed by atoms with Gasteiger partial charge in [-0.2, -0.15) is 9.29 Å². The fraction of sp³-hybridized carbons (Fsp3) is 0.545. The number of sulfonamides is 1. The van der Waals surface area contributed by atoms with E-state index in [1.165, 1.54) is 10.7 Å². The molecule has 0 unspecified atom stereocenters. The van der Waals surface area contributed by atoms with Gasteiger partial charge in [0.1, 0.15) is 5.52 Å². The third-order valence-electron chi connectivity index (χ3n) is 6.57. The molecule has 10 nitrogen and oxygen atoms in total. The number of morpholine rings is 1. The Morgan fingerprint density at radius 2 is 1.91 bits per heavy atom. The Hall–Kier alpha value is -2.63. The van der Waals surface area contributed by atoms with E-state index in [0.717, 1.165) is 31.2 Å². The van der Waals surface area contributed by atoms with Gasteiger partial charge >= 0.3 is 0 Å². The van der Waals surface area contributed by atoms with Crippen molar-refractivity contribution in [2.75, 3.05) is 31.6 Å². The normalized spacial score (nSPS) is 18.7. The molecule has 2 aliphatic rings. The number of carbonyl (C=O) groups excluding carboxylic acids is 1. The number of benzene rings is 1. The van der Waals surface area contributed by atoms with Crippen molar-refractivity contribution in [3.63, 3.8) is 0 Å². The van der Waals surface area contributed by atoms with Gasteiger partial charge in [-0.1, -0.05) is 19.3 Å². The first-order chi connectivity index (χ1) is 16.0. The molecule has 1 aliphatic heterocycles. The molecule has 1 aromatic carbocycles. The first-order valence-electron chi connectivity index (χ1n) is 11.5. The van der Waals surface area contributed by atoms with Crippen LogP contribution in [0.4, 0.5) is 5.95 Å². The highest BCUT2D eigenvalue weighted by Gasteiger charge is 2.28. The molecule has 1 saturated heterocycles. The van der Waals surface area contributed by atoms with E-state index in [-0.39, 0.29) is 22.7 Å². The van der Waals surface area contributed by atoms with E-state index in [1.54, 1.807) is 18.2 Å². The SMILES string of the molecule is CCn1c2ccc(S(=O)(=O)N3CCOCC3)cc2c2nnc(NC(=O)C3CCCCC3)nc21. The van der Waals surface area contributed by atoms with Crippen LogP contribution >= 0.6 is 0 Å². The molecule has 0 atom stereocenters. The Morgan fingerprint density at radius 3 is 2.64 bits per heavy atom. The summed E-state index contributed by atoms with van der Waals surface area (Å²) in [6, 6.07) is 5.05. The maximum atomic E-state index is 13.1. The van der Waals surface area contributed by atoms with Crippen molar-refractivity contribution in [1.29, 1.82) is 0 Å². The summed E-state index contributed by atoms with van der Waals surface area (Å²) >= 11 is 0. The van der Waals surface area contributed by atoms with Crippen LogP contribution in [0.5, 0.6) is 0 Å². The van der Waals surface area contributed by atoms with E-state index in [1.807, 2.05) is 11.5 Å². The molecular weight excluding hydrogens is 444 g/mol. The van der Waals surface area contributed by atoms with Crippen LogP contribution in [0.1, 0.15) is 39.0 Å². The van der Waals surface area contributed by atoms with Gasteiger partial charge < -0.3 is 9.30 Å². The molecule has 33 heavy (non-hydrogen) atoms. The first-order valence-corrected chi connectivity index (χ1v) is 13.0. The van der Waals surface area contributed by atoms with Crippen LogP contribution in [0.2, 0.25) is 0 Å². The van der Waals surface area contributed by atoms with Gasteiger partial charge in [-0.25, -0.2) is 8.42 Å². The molecule has 3 heterocycles. The summed E-state index contributed by atoms with van der Waals surface area (Å²) in [6.07, 6.45) is 5.08. The molecule has 1 aliphatic carbocycles. The van der Waals surface area contributed by atoms with Crippen molar-refractivity contribution in [1.82, 2.24) is 24.1 Å². The number of nitrogens with one attached hydrogen (secondary N) is 1. The van der Waals surface area contributed by atoms with E-state index in [2.05, 4.69) is 20.5 Å². The van der Waals surface area contributed by atoms with E-state index in [4.69, 9.17) is 4.74 Å². The number of aryl methyl sites for hydroxylation is 1. The van der Waals surface area contributed by atoms with E-state index in [0.29, 0.717) is 49.4 Å². The van der Waals surface area contributed by atoms with Crippen LogP contribution in [0.25, 0.3) is 22.1 Å². The van der Waals surface area contributed by atoms with Crippen LogP contribution in [0.15, 0.2) is 23.1 Å². The van der Waals surface area contributed by atoms with Gasteiger partial charge in [-0.15, -0.1) is 10.2 Å². The highest BCUT2D eigenvalue weighted by atomic mass is 32.2. The first kappa shape index (κ1) is 22.2. The van der Waals surface area contributed by atoms with Crippen molar-refractivity contribution >= 4 is 43.9 Å². The number of hydrogen-bond donors (Lipinski definition) is 1. The lowest BCUT2D eigenvalue weighted by Gasteiger charge is -2.26. The Balaban J connectivity index is 1.51. The molecule has 2 aromatic heterocycles. The summed E-state index contributed by atoms with van der Waals surface area (Å²) < 4.78 is 35.0. The molecular formula is C22H28N6O4S. The maximum absolute atomic E-state index is 13.1. The van der Waals surface area contributed by atoms with Crippen molar-refractivity contribution in [2.24, 2.45) is 5.92 Å². The van der Waals surface area contributed by atoms with Crippen molar-refractivity contribution in [3.8, 4) is 0 Å². The van der Waals surface area contributed by atoms with Crippen LogP contribution < -0.4 is 5.32 Å². The zero-order chi connectivity index (χ0) is 23.0. The number of fused-ring (bicyclic) bond motifs is 3. The second-order valence-corrected chi connectivity index (χ2v) is 10.5. The van der Waals surface area contributed by atoms with Crippen LogP contribution in [0.3, 0.4) is 0 Å². The third-order valence-corrected chi connectivity index (χ3v) is 8.47. The summed E-state index contributed by atoms with van der Waals surface area (Å²) in [5.74, 6) is 0.105. The fourth-order valence-corrected chi connectivity index (χ4v) is 6.22. The zero-order valence-electron chi connectivity index (χ0n) is 18.7. The zero-order valence-corrected chi connectivity index (χ0v) is 19.5. The quantitative estimate of drug-likeness (QED) is 0.606. The van der Waals surface area contributed by atoms with Crippen molar-refractivity contribution < 1.29 is 17.9 Å². The van der Waals surface area contributed by atoms with Crippen LogP contribution in [0, 0.1) is 5.92 Å². The number of carbonyl (C=O) groups is 1. The maximum Gasteiger partial charge on any atom is 0.251 e. The highest BCUT2D eigenvalue weighted by molar-refractivity contribution is 7.89. The monoisotopic (exact) mass is 472 g/mol. The van der Waals surface area contributed by atoms with E-state index < -0.39 is 10.0 Å². The number of hydrogen-bond acceptors (Lipinski definition) is 7. The Labute approximate surface area is 192 Å². The molecule has 2 fully saturated rings. The fourth-order valence-electron chi connectivity index (χ4n) is 4.78. The van der Waals surface area contributed by atoms with Gasteiger partial charge in [0.05, 0.1) is 23.6 Å². The second kappa shape index (κ2) is 8.96. The predicted molar refractivity (Wildman–Crippen MR) is 123 cm³/mol. The number of nitrogens with zero attached hydrogens (tertiary/aromatic N) is 5. The average Bonchev–Trinajstić information content (AvgIpc) is 3.17. The van der Waals surface area contributed by atoms with Gasteiger partial charge in [0.2, 0.25) is 15.9 Å². The second-order valence-electron chi connectivity index (χ2n) is 8.57. The summed E-state index contributed by atoms with van der Waals surface area (Å²) in [6.45, 7) is 4.05. The Bertz CT molecular complexity index is 1290. The lowest BCUT2D eigenvalue weighted by Crippen LogP contribution is -2.40. The summed E-state index contributed by atoms with van der Waals surface area (Å²) in [7, 11) is -3.64. The number of aromatic nitrogens is 4. The van der Waals surface area contributed by atoms with Gasteiger partial charge in [0.25, 0.3) is 5.95 Å². The van der Waals surface area contributed by atoms with Gasteiger partial charge in [-0.3, -0.25) is 10.1 Å². The number of amides is 1. The molecule has 1 amide bonds. The summed E-state index contributed by atoms with van der Waals surface area (Å²) in [5, 5.41) is 12.0. The van der Waals surface area contributed by atoms with Crippen molar-refractivity contribution in [3.05, 3.63) is 18.2 Å². The average molecular weight is 473 g/mol.